The number of ketones is 1. The number of carbonyl (C=O) groups is 1. The lowest BCUT2D eigenvalue weighted by Crippen LogP contribution is -2.03. The number of hydrogen-bond acceptors (Lipinski definition) is 3. The summed E-state index contributed by atoms with van der Waals surface area (Å²) in [6, 6.07) is 21.0. The zero-order valence-corrected chi connectivity index (χ0v) is 11.7. The van der Waals surface area contributed by atoms with Crippen LogP contribution in [0.4, 0.5) is 5.88 Å². The number of fused-ring (bicyclic) bond motifs is 2. The number of rotatable bonds is 2. The first-order chi connectivity index (χ1) is 10.7. The van der Waals surface area contributed by atoms with Gasteiger partial charge in [-0.2, -0.15) is 0 Å². The molecule has 1 aromatic heterocycles. The van der Waals surface area contributed by atoms with Crippen LogP contribution in [0, 0.1) is 0 Å². The summed E-state index contributed by atoms with van der Waals surface area (Å²) < 4.78 is 5.49. The van der Waals surface area contributed by atoms with E-state index in [1.807, 2.05) is 66.7 Å². The van der Waals surface area contributed by atoms with Gasteiger partial charge in [0.1, 0.15) is 5.58 Å². The van der Waals surface area contributed by atoms with E-state index in [-0.39, 0.29) is 11.7 Å². The van der Waals surface area contributed by atoms with Gasteiger partial charge in [-0.25, -0.2) is 0 Å². The normalized spacial score (nSPS) is 11.1. The largest absolute Gasteiger partial charge is 0.440 e. The van der Waals surface area contributed by atoms with E-state index in [4.69, 9.17) is 10.2 Å². The lowest BCUT2D eigenvalue weighted by atomic mass is 9.99. The molecule has 0 aliphatic rings. The number of anilines is 1. The van der Waals surface area contributed by atoms with Crippen molar-refractivity contribution in [2.75, 3.05) is 5.73 Å². The van der Waals surface area contributed by atoms with Gasteiger partial charge in [0.2, 0.25) is 5.88 Å². The number of nitrogens with two attached hydrogens (primary N) is 1. The quantitative estimate of drug-likeness (QED) is 0.556. The van der Waals surface area contributed by atoms with Crippen molar-refractivity contribution in [2.24, 2.45) is 0 Å². The molecule has 0 aliphatic heterocycles. The SMILES string of the molecule is Nc1oc2ccccc2c1C(=O)c1ccc2ccccc2c1. The summed E-state index contributed by atoms with van der Waals surface area (Å²) in [5.74, 6) is 0.0487. The Kier molecular flexibility index (Phi) is 2.73. The second-order valence-corrected chi connectivity index (χ2v) is 5.23. The van der Waals surface area contributed by atoms with E-state index in [2.05, 4.69) is 0 Å². The van der Waals surface area contributed by atoms with Crippen molar-refractivity contribution < 1.29 is 9.21 Å². The first-order valence-corrected chi connectivity index (χ1v) is 7.04. The van der Waals surface area contributed by atoms with Crippen LogP contribution in [0.3, 0.4) is 0 Å². The zero-order valence-electron chi connectivity index (χ0n) is 11.7. The molecule has 1 heterocycles. The molecule has 4 rings (SSSR count). The molecule has 0 spiro atoms. The topological polar surface area (TPSA) is 56.2 Å². The van der Waals surface area contributed by atoms with Crippen LogP contribution in [0.1, 0.15) is 15.9 Å². The molecule has 3 aromatic carbocycles. The van der Waals surface area contributed by atoms with Crippen molar-refractivity contribution in [2.45, 2.75) is 0 Å². The second kappa shape index (κ2) is 4.74. The molecule has 2 N–H and O–H groups in total. The minimum absolute atomic E-state index is 0.117. The van der Waals surface area contributed by atoms with Crippen LogP contribution < -0.4 is 5.73 Å². The minimum Gasteiger partial charge on any atom is -0.440 e. The van der Waals surface area contributed by atoms with Gasteiger partial charge >= 0.3 is 0 Å². The van der Waals surface area contributed by atoms with Crippen molar-refractivity contribution in [3.63, 3.8) is 0 Å². The van der Waals surface area contributed by atoms with Crippen LogP contribution in [0.2, 0.25) is 0 Å². The number of benzene rings is 3. The van der Waals surface area contributed by atoms with E-state index in [0.29, 0.717) is 16.7 Å². The molecule has 0 saturated heterocycles. The van der Waals surface area contributed by atoms with Crippen molar-refractivity contribution >= 4 is 33.4 Å². The molecule has 0 radical (unpaired) electrons. The number of furan rings is 1. The summed E-state index contributed by atoms with van der Waals surface area (Å²) in [6.07, 6.45) is 0. The maximum atomic E-state index is 12.8. The molecule has 0 aliphatic carbocycles. The van der Waals surface area contributed by atoms with E-state index in [1.165, 1.54) is 0 Å². The van der Waals surface area contributed by atoms with Crippen LogP contribution in [-0.4, -0.2) is 5.78 Å². The van der Waals surface area contributed by atoms with Crippen LogP contribution in [0.15, 0.2) is 71.1 Å². The first-order valence-electron chi connectivity index (χ1n) is 7.04. The van der Waals surface area contributed by atoms with E-state index >= 15 is 0 Å². The number of para-hydroxylation sites is 1. The second-order valence-electron chi connectivity index (χ2n) is 5.23. The molecule has 0 unspecified atom stereocenters. The van der Waals surface area contributed by atoms with Crippen molar-refractivity contribution in [3.8, 4) is 0 Å². The highest BCUT2D eigenvalue weighted by atomic mass is 16.3. The maximum Gasteiger partial charge on any atom is 0.202 e. The Balaban J connectivity index is 1.90. The third-order valence-electron chi connectivity index (χ3n) is 3.86. The first kappa shape index (κ1) is 12.7. The summed E-state index contributed by atoms with van der Waals surface area (Å²) in [7, 11) is 0. The van der Waals surface area contributed by atoms with Crippen LogP contribution in [0.5, 0.6) is 0 Å². The summed E-state index contributed by atoms with van der Waals surface area (Å²) in [6.45, 7) is 0. The van der Waals surface area contributed by atoms with Crippen LogP contribution >= 0.6 is 0 Å². The highest BCUT2D eigenvalue weighted by molar-refractivity contribution is 6.19. The average molecular weight is 287 g/mol. The van der Waals surface area contributed by atoms with E-state index in [9.17, 15) is 4.79 Å². The fourth-order valence-electron chi connectivity index (χ4n) is 2.77. The fraction of sp³-hybridized carbons (Fsp3) is 0. The monoisotopic (exact) mass is 287 g/mol. The predicted octanol–water partition coefficient (Wildman–Crippen LogP) is 4.40. The van der Waals surface area contributed by atoms with Gasteiger partial charge in [-0.3, -0.25) is 4.79 Å². The van der Waals surface area contributed by atoms with Gasteiger partial charge in [-0.05, 0) is 22.9 Å². The Morgan fingerprint density at radius 3 is 2.45 bits per heavy atom. The van der Waals surface area contributed by atoms with Gasteiger partial charge in [0.05, 0.1) is 5.56 Å². The molecule has 0 amide bonds. The standard InChI is InChI=1S/C19H13NO2/c20-19-17(15-7-3-4-8-16(15)22-19)18(21)14-10-9-12-5-1-2-6-13(12)11-14/h1-11H,20H2. The van der Waals surface area contributed by atoms with Gasteiger partial charge in [0.25, 0.3) is 0 Å². The molecule has 0 atom stereocenters. The summed E-state index contributed by atoms with van der Waals surface area (Å²) in [5.41, 5.74) is 7.59. The Hall–Kier alpha value is -3.07. The Morgan fingerprint density at radius 1 is 0.864 bits per heavy atom. The van der Waals surface area contributed by atoms with Gasteiger partial charge in [-0.15, -0.1) is 0 Å². The van der Waals surface area contributed by atoms with Gasteiger partial charge in [-0.1, -0.05) is 54.6 Å². The van der Waals surface area contributed by atoms with Crippen LogP contribution in [0.25, 0.3) is 21.7 Å². The molecular weight excluding hydrogens is 274 g/mol. The number of hydrogen-bond donors (Lipinski definition) is 1. The van der Waals surface area contributed by atoms with Gasteiger partial charge in [0.15, 0.2) is 5.78 Å². The lowest BCUT2D eigenvalue weighted by Gasteiger charge is -2.03. The predicted molar refractivity (Wildman–Crippen MR) is 88.0 cm³/mol. The van der Waals surface area contributed by atoms with Crippen molar-refractivity contribution in [1.29, 1.82) is 0 Å². The van der Waals surface area contributed by atoms with Gasteiger partial charge in [0, 0.05) is 10.9 Å². The minimum atomic E-state index is -0.117. The highest BCUT2D eigenvalue weighted by Gasteiger charge is 2.20. The Labute approximate surface area is 127 Å². The third-order valence-corrected chi connectivity index (χ3v) is 3.86. The Bertz CT molecular complexity index is 1010. The van der Waals surface area contributed by atoms with E-state index in [0.717, 1.165) is 16.2 Å². The smallest absolute Gasteiger partial charge is 0.202 e. The third kappa shape index (κ3) is 1.87. The fourth-order valence-corrected chi connectivity index (χ4v) is 2.77. The highest BCUT2D eigenvalue weighted by Crippen LogP contribution is 2.30. The molecule has 3 heteroatoms. The molecule has 3 nitrogen and oxygen atoms in total. The molecule has 0 bridgehead atoms. The molecule has 0 fully saturated rings. The molecule has 22 heavy (non-hydrogen) atoms. The van der Waals surface area contributed by atoms with Gasteiger partial charge < -0.3 is 10.2 Å². The van der Waals surface area contributed by atoms with E-state index in [1.54, 1.807) is 0 Å². The maximum absolute atomic E-state index is 12.8. The summed E-state index contributed by atoms with van der Waals surface area (Å²) in [4.78, 5) is 12.8. The number of nitrogen functional groups attached to an aromatic ring is 1. The summed E-state index contributed by atoms with van der Waals surface area (Å²) in [5, 5.41) is 2.88. The van der Waals surface area contributed by atoms with Crippen LogP contribution in [-0.2, 0) is 0 Å². The average Bonchev–Trinajstić information content (AvgIpc) is 2.89. The number of carbonyl (C=O) groups excluding carboxylic acids is 1. The zero-order chi connectivity index (χ0) is 15.1. The molecule has 106 valence electrons. The van der Waals surface area contributed by atoms with Crippen molar-refractivity contribution in [1.82, 2.24) is 0 Å². The summed E-state index contributed by atoms with van der Waals surface area (Å²) >= 11 is 0. The van der Waals surface area contributed by atoms with Crippen molar-refractivity contribution in [3.05, 3.63) is 77.9 Å². The molecular formula is C19H13NO2. The Morgan fingerprint density at radius 2 is 1.59 bits per heavy atom. The van der Waals surface area contributed by atoms with E-state index < -0.39 is 0 Å². The molecule has 4 aromatic rings. The lowest BCUT2D eigenvalue weighted by molar-refractivity contribution is 0.104. The molecule has 0 saturated carbocycles.